The molecule has 10 nitrogen and oxygen atoms in total. The Hall–Kier alpha value is -2.54. The van der Waals surface area contributed by atoms with Crippen LogP contribution in [0.3, 0.4) is 0 Å². The lowest BCUT2D eigenvalue weighted by molar-refractivity contribution is -0.0907. The van der Waals surface area contributed by atoms with Gasteiger partial charge >= 0.3 is 6.09 Å². The van der Waals surface area contributed by atoms with Crippen LogP contribution < -0.4 is 10.6 Å². The van der Waals surface area contributed by atoms with Gasteiger partial charge in [-0.05, 0) is 49.1 Å². The van der Waals surface area contributed by atoms with Gasteiger partial charge in [0.1, 0.15) is 6.10 Å². The number of carbonyl (C=O) groups is 1. The second-order valence-electron chi connectivity index (χ2n) is 10.9. The van der Waals surface area contributed by atoms with Gasteiger partial charge in [-0.15, -0.1) is 0 Å². The van der Waals surface area contributed by atoms with E-state index in [-0.39, 0.29) is 42.7 Å². The summed E-state index contributed by atoms with van der Waals surface area (Å²) in [5.41, 5.74) is 1.85. The van der Waals surface area contributed by atoms with Crippen LogP contribution in [0.2, 0.25) is 0 Å². The van der Waals surface area contributed by atoms with Gasteiger partial charge in [-0.2, -0.15) is 4.31 Å². The minimum atomic E-state index is -3.91. The number of carbonyl (C=O) groups excluding carboxylic acids is 1. The number of fused-ring (bicyclic) bond motifs is 1. The van der Waals surface area contributed by atoms with Crippen molar-refractivity contribution in [2.24, 2.45) is 11.8 Å². The van der Waals surface area contributed by atoms with E-state index in [2.05, 4.69) is 10.6 Å². The number of alkyl carbamates (subject to hydrolysis) is 1. The number of rotatable bonds is 13. The Morgan fingerprint density at radius 1 is 1.07 bits per heavy atom. The fraction of sp³-hybridized carbons (Fsp3) is 0.552. The zero-order chi connectivity index (χ0) is 28.7. The standard InChI is InChI=1S/C29H41N3O7S/c1-20(2)17-32(40(35,36)23-11-9-22(10-12-23)16-30-3)18-26(33)25(15-21-7-5-4-6-8-21)31-29(34)39-27-19-38-28-24(27)13-14-37-28/h4-12,20,24-28,30,33H,13-19H2,1-3H3,(H,31,34)/t24?,25-,26+,27-,28+/m0/s1. The number of ether oxygens (including phenoxy) is 3. The molecule has 11 heteroatoms. The third kappa shape index (κ3) is 7.80. The quantitative estimate of drug-likeness (QED) is 0.333. The number of amides is 1. The maximum atomic E-state index is 13.7. The highest BCUT2D eigenvalue weighted by atomic mass is 32.2. The highest BCUT2D eigenvalue weighted by Crippen LogP contribution is 2.33. The van der Waals surface area contributed by atoms with Gasteiger partial charge in [-0.25, -0.2) is 13.2 Å². The first-order valence-corrected chi connectivity index (χ1v) is 15.3. The van der Waals surface area contributed by atoms with Crippen LogP contribution in [0.1, 0.15) is 31.4 Å². The Morgan fingerprint density at radius 3 is 2.48 bits per heavy atom. The molecule has 2 fully saturated rings. The maximum absolute atomic E-state index is 13.7. The SMILES string of the molecule is CNCc1ccc(S(=O)(=O)N(CC(C)C)C[C@@H](O)[C@H](Cc2ccccc2)NC(=O)O[C@H]2CO[C@H]3OCCC32)cc1. The van der Waals surface area contributed by atoms with Crippen LogP contribution in [0, 0.1) is 11.8 Å². The number of nitrogens with one attached hydrogen (secondary N) is 2. The van der Waals surface area contributed by atoms with Crippen LogP contribution in [0.5, 0.6) is 0 Å². The van der Waals surface area contributed by atoms with Crippen LogP contribution in [0.4, 0.5) is 4.79 Å². The van der Waals surface area contributed by atoms with Crippen LogP contribution in [0.15, 0.2) is 59.5 Å². The summed E-state index contributed by atoms with van der Waals surface area (Å²) in [6.07, 6.45) is -1.64. The lowest BCUT2D eigenvalue weighted by Gasteiger charge is -2.31. The normalized spacial score (nSPS) is 22.3. The molecule has 1 unspecified atom stereocenters. The number of sulfonamides is 1. The summed E-state index contributed by atoms with van der Waals surface area (Å²) in [6, 6.07) is 15.4. The Balaban J connectivity index is 1.50. The summed E-state index contributed by atoms with van der Waals surface area (Å²) < 4.78 is 45.4. The summed E-state index contributed by atoms with van der Waals surface area (Å²) >= 11 is 0. The van der Waals surface area contributed by atoms with Crippen LogP contribution in [0.25, 0.3) is 0 Å². The number of aliphatic hydroxyl groups excluding tert-OH is 1. The number of hydrogen-bond donors (Lipinski definition) is 3. The zero-order valence-electron chi connectivity index (χ0n) is 23.4. The van der Waals surface area contributed by atoms with Gasteiger partial charge < -0.3 is 30.0 Å². The molecule has 2 aromatic carbocycles. The van der Waals surface area contributed by atoms with Gasteiger partial charge in [0.05, 0.1) is 36.2 Å². The average Bonchev–Trinajstić information content (AvgIpc) is 3.54. The third-order valence-electron chi connectivity index (χ3n) is 7.21. The van der Waals surface area contributed by atoms with Gasteiger partial charge in [0.2, 0.25) is 10.0 Å². The van der Waals surface area contributed by atoms with Crippen LogP contribution in [-0.2, 0) is 37.2 Å². The van der Waals surface area contributed by atoms with E-state index in [0.29, 0.717) is 19.6 Å². The molecular formula is C29H41N3O7S. The minimum absolute atomic E-state index is 0.0139. The van der Waals surface area contributed by atoms with E-state index in [1.807, 2.05) is 51.2 Å². The number of hydrogen-bond acceptors (Lipinski definition) is 8. The van der Waals surface area contributed by atoms with Crippen molar-refractivity contribution in [2.75, 3.05) is 33.4 Å². The summed E-state index contributed by atoms with van der Waals surface area (Å²) in [4.78, 5) is 13.1. The molecule has 0 aromatic heterocycles. The van der Waals surface area contributed by atoms with E-state index in [1.165, 1.54) is 4.31 Å². The van der Waals surface area contributed by atoms with Crippen molar-refractivity contribution in [2.45, 2.75) is 62.7 Å². The topological polar surface area (TPSA) is 126 Å². The number of benzene rings is 2. The van der Waals surface area contributed by atoms with Crippen LogP contribution in [-0.4, -0.2) is 81.8 Å². The predicted molar refractivity (Wildman–Crippen MR) is 150 cm³/mol. The summed E-state index contributed by atoms with van der Waals surface area (Å²) in [5.74, 6) is -0.00519. The minimum Gasteiger partial charge on any atom is -0.443 e. The van der Waals surface area contributed by atoms with E-state index in [4.69, 9.17) is 14.2 Å². The van der Waals surface area contributed by atoms with Gasteiger partial charge in [0, 0.05) is 19.6 Å². The second kappa shape index (κ2) is 13.9. The molecule has 2 aliphatic heterocycles. The van der Waals surface area contributed by atoms with Crippen molar-refractivity contribution < 1.29 is 32.5 Å². The molecule has 220 valence electrons. The zero-order valence-corrected chi connectivity index (χ0v) is 24.2. The lowest BCUT2D eigenvalue weighted by atomic mass is 10.0. The highest BCUT2D eigenvalue weighted by Gasteiger charge is 2.44. The van der Waals surface area contributed by atoms with E-state index in [0.717, 1.165) is 17.5 Å². The van der Waals surface area contributed by atoms with E-state index < -0.39 is 34.4 Å². The molecule has 5 atom stereocenters. The summed E-state index contributed by atoms with van der Waals surface area (Å²) in [7, 11) is -2.08. The predicted octanol–water partition coefficient (Wildman–Crippen LogP) is 2.51. The fourth-order valence-corrected chi connectivity index (χ4v) is 6.79. The Morgan fingerprint density at radius 2 is 1.80 bits per heavy atom. The van der Waals surface area contributed by atoms with Gasteiger partial charge in [0.25, 0.3) is 0 Å². The van der Waals surface area contributed by atoms with Crippen molar-refractivity contribution in [1.29, 1.82) is 0 Å². The molecule has 2 aromatic rings. The lowest BCUT2D eigenvalue weighted by Crippen LogP contribution is -2.51. The number of nitrogens with zero attached hydrogens (tertiary/aromatic N) is 1. The third-order valence-corrected chi connectivity index (χ3v) is 9.06. The largest absolute Gasteiger partial charge is 0.443 e. The van der Waals surface area contributed by atoms with E-state index >= 15 is 0 Å². The molecule has 0 spiro atoms. The van der Waals surface area contributed by atoms with Crippen molar-refractivity contribution in [1.82, 2.24) is 14.9 Å². The van der Waals surface area contributed by atoms with Gasteiger partial charge in [-0.3, -0.25) is 0 Å². The Kier molecular flexibility index (Phi) is 10.6. The monoisotopic (exact) mass is 575 g/mol. The van der Waals surface area contributed by atoms with Crippen molar-refractivity contribution >= 4 is 16.1 Å². The molecule has 4 rings (SSSR count). The molecule has 0 bridgehead atoms. The van der Waals surface area contributed by atoms with E-state index in [9.17, 15) is 18.3 Å². The van der Waals surface area contributed by atoms with Crippen molar-refractivity contribution in [3.8, 4) is 0 Å². The second-order valence-corrected chi connectivity index (χ2v) is 12.8. The molecule has 1 amide bonds. The Bertz CT molecular complexity index is 1190. The van der Waals surface area contributed by atoms with Gasteiger partial charge in [0.15, 0.2) is 6.29 Å². The average molecular weight is 576 g/mol. The first kappa shape index (κ1) is 30.4. The van der Waals surface area contributed by atoms with Gasteiger partial charge in [-0.1, -0.05) is 56.3 Å². The number of aliphatic hydroxyl groups is 1. The van der Waals surface area contributed by atoms with Crippen molar-refractivity contribution in [3.05, 3.63) is 65.7 Å². The summed E-state index contributed by atoms with van der Waals surface area (Å²) in [5, 5.41) is 17.3. The van der Waals surface area contributed by atoms with E-state index in [1.54, 1.807) is 24.3 Å². The smallest absolute Gasteiger partial charge is 0.407 e. The van der Waals surface area contributed by atoms with Crippen molar-refractivity contribution in [3.63, 3.8) is 0 Å². The molecule has 0 aliphatic carbocycles. The molecule has 0 saturated carbocycles. The molecule has 3 N–H and O–H groups in total. The molecule has 2 saturated heterocycles. The Labute approximate surface area is 237 Å². The molecule has 2 aliphatic rings. The summed E-state index contributed by atoms with van der Waals surface area (Å²) in [6.45, 7) is 5.30. The first-order chi connectivity index (χ1) is 19.2. The highest BCUT2D eigenvalue weighted by molar-refractivity contribution is 7.89. The molecule has 0 radical (unpaired) electrons. The molecule has 40 heavy (non-hydrogen) atoms. The first-order valence-electron chi connectivity index (χ1n) is 13.8. The maximum Gasteiger partial charge on any atom is 0.407 e. The molecular weight excluding hydrogens is 534 g/mol. The molecule has 2 heterocycles. The fourth-order valence-electron chi connectivity index (χ4n) is 5.17. The van der Waals surface area contributed by atoms with Crippen LogP contribution >= 0.6 is 0 Å².